The van der Waals surface area contributed by atoms with Crippen molar-refractivity contribution in [2.75, 3.05) is 6.54 Å². The molecule has 0 spiro atoms. The molecule has 0 atom stereocenters. The molecule has 1 heterocycles. The Bertz CT molecular complexity index is 543. The van der Waals surface area contributed by atoms with Crippen molar-refractivity contribution in [3.05, 3.63) is 29.8 Å². The molecule has 3 rings (SSSR count). The lowest BCUT2D eigenvalue weighted by atomic mass is 10.3. The van der Waals surface area contributed by atoms with E-state index in [0.29, 0.717) is 12.1 Å². The van der Waals surface area contributed by atoms with Gasteiger partial charge < -0.3 is 9.88 Å². The first kappa shape index (κ1) is 10.7. The third-order valence-corrected chi connectivity index (χ3v) is 3.35. The van der Waals surface area contributed by atoms with E-state index < -0.39 is 0 Å². The maximum Gasteiger partial charge on any atom is 0.149 e. The molecule has 0 amide bonds. The fourth-order valence-electron chi connectivity index (χ4n) is 2.14. The van der Waals surface area contributed by atoms with Gasteiger partial charge >= 0.3 is 0 Å². The number of nitrogens with one attached hydrogen (secondary N) is 1. The Labute approximate surface area is 99.7 Å². The van der Waals surface area contributed by atoms with E-state index in [4.69, 9.17) is 0 Å². The van der Waals surface area contributed by atoms with Gasteiger partial charge in [0.2, 0.25) is 0 Å². The molecule has 1 N–H and O–H groups in total. The van der Waals surface area contributed by atoms with Crippen LogP contribution in [-0.4, -0.2) is 16.1 Å². The third kappa shape index (κ3) is 2.05. The first-order valence-electron chi connectivity index (χ1n) is 6.06. The van der Waals surface area contributed by atoms with E-state index >= 15 is 0 Å². The van der Waals surface area contributed by atoms with Crippen molar-refractivity contribution in [2.45, 2.75) is 19.4 Å². The molecule has 0 unspecified atom stereocenters. The molecular formula is C13H16FN3. The molecule has 1 aliphatic rings. The molecule has 0 saturated heterocycles. The normalized spacial score (nSPS) is 15.6. The standard InChI is InChI=1S/C13H16FN3/c1-17-12(8-15-7-9-5-6-9)16-11-4-2-3-10(14)13(11)17/h2-4,9,15H,5-8H2,1H3. The largest absolute Gasteiger partial charge is 0.328 e. The SMILES string of the molecule is Cn1c(CNCC2CC2)nc2cccc(F)c21. The van der Waals surface area contributed by atoms with Crippen LogP contribution < -0.4 is 5.32 Å². The molecule has 1 fully saturated rings. The highest BCUT2D eigenvalue weighted by Crippen LogP contribution is 2.27. The van der Waals surface area contributed by atoms with Crippen molar-refractivity contribution >= 4 is 11.0 Å². The fourth-order valence-corrected chi connectivity index (χ4v) is 2.14. The van der Waals surface area contributed by atoms with Crippen LogP contribution >= 0.6 is 0 Å². The molecule has 1 aliphatic carbocycles. The van der Waals surface area contributed by atoms with E-state index in [1.165, 1.54) is 18.9 Å². The Balaban J connectivity index is 1.83. The number of hydrogen-bond acceptors (Lipinski definition) is 2. The van der Waals surface area contributed by atoms with E-state index in [0.717, 1.165) is 23.8 Å². The van der Waals surface area contributed by atoms with Gasteiger partial charge in [0.25, 0.3) is 0 Å². The Hall–Kier alpha value is -1.42. The van der Waals surface area contributed by atoms with Crippen LogP contribution in [0.1, 0.15) is 18.7 Å². The first-order valence-corrected chi connectivity index (χ1v) is 6.06. The summed E-state index contributed by atoms with van der Waals surface area (Å²) < 4.78 is 15.5. The lowest BCUT2D eigenvalue weighted by Gasteiger charge is -2.04. The lowest BCUT2D eigenvalue weighted by Crippen LogP contribution is -2.18. The van der Waals surface area contributed by atoms with Gasteiger partial charge in [-0.1, -0.05) is 6.07 Å². The van der Waals surface area contributed by atoms with Crippen LogP contribution in [0, 0.1) is 11.7 Å². The predicted octanol–water partition coefficient (Wildman–Crippen LogP) is 2.21. The number of para-hydroxylation sites is 1. The highest BCUT2D eigenvalue weighted by molar-refractivity contribution is 5.76. The monoisotopic (exact) mass is 233 g/mol. The minimum atomic E-state index is -0.203. The number of imidazole rings is 1. The molecule has 0 aliphatic heterocycles. The lowest BCUT2D eigenvalue weighted by molar-refractivity contribution is 0.600. The maximum atomic E-state index is 13.6. The summed E-state index contributed by atoms with van der Waals surface area (Å²) in [5.74, 6) is 1.54. The third-order valence-electron chi connectivity index (χ3n) is 3.35. The van der Waals surface area contributed by atoms with E-state index in [9.17, 15) is 4.39 Å². The average molecular weight is 233 g/mol. The van der Waals surface area contributed by atoms with Crippen molar-refractivity contribution in [3.63, 3.8) is 0 Å². The number of fused-ring (bicyclic) bond motifs is 1. The molecule has 90 valence electrons. The number of halogens is 1. The number of rotatable bonds is 4. The van der Waals surface area contributed by atoms with Crippen molar-refractivity contribution in [3.8, 4) is 0 Å². The van der Waals surface area contributed by atoms with Crippen molar-refractivity contribution < 1.29 is 4.39 Å². The zero-order valence-corrected chi connectivity index (χ0v) is 9.91. The summed E-state index contributed by atoms with van der Waals surface area (Å²) in [4.78, 5) is 4.45. The predicted molar refractivity (Wildman–Crippen MR) is 65.1 cm³/mol. The van der Waals surface area contributed by atoms with Crippen molar-refractivity contribution in [1.82, 2.24) is 14.9 Å². The Morgan fingerprint density at radius 2 is 2.29 bits per heavy atom. The van der Waals surface area contributed by atoms with E-state index in [1.54, 1.807) is 6.07 Å². The molecule has 1 aromatic heterocycles. The first-order chi connectivity index (χ1) is 8.25. The molecule has 17 heavy (non-hydrogen) atoms. The zero-order valence-electron chi connectivity index (χ0n) is 9.91. The topological polar surface area (TPSA) is 29.9 Å². The van der Waals surface area contributed by atoms with Gasteiger partial charge in [-0.05, 0) is 37.4 Å². The number of benzene rings is 1. The summed E-state index contributed by atoms with van der Waals surface area (Å²) in [5.41, 5.74) is 1.33. The smallest absolute Gasteiger partial charge is 0.149 e. The fraction of sp³-hybridized carbons (Fsp3) is 0.462. The summed E-state index contributed by atoms with van der Waals surface area (Å²) in [6, 6.07) is 5.03. The summed E-state index contributed by atoms with van der Waals surface area (Å²) >= 11 is 0. The van der Waals surface area contributed by atoms with Crippen molar-refractivity contribution in [1.29, 1.82) is 0 Å². The molecule has 3 nitrogen and oxygen atoms in total. The Kier molecular flexibility index (Phi) is 2.59. The van der Waals surface area contributed by atoms with Crippen LogP contribution in [0.2, 0.25) is 0 Å². The van der Waals surface area contributed by atoms with Gasteiger partial charge in [-0.2, -0.15) is 0 Å². The molecule has 4 heteroatoms. The number of aryl methyl sites for hydroxylation is 1. The Morgan fingerprint density at radius 3 is 3.00 bits per heavy atom. The van der Waals surface area contributed by atoms with Gasteiger partial charge in [-0.25, -0.2) is 9.37 Å². The summed E-state index contributed by atoms with van der Waals surface area (Å²) in [6.45, 7) is 1.76. The van der Waals surface area contributed by atoms with Gasteiger partial charge in [0.05, 0.1) is 12.1 Å². The van der Waals surface area contributed by atoms with Crippen LogP contribution in [-0.2, 0) is 13.6 Å². The van der Waals surface area contributed by atoms with Gasteiger partial charge in [-0.3, -0.25) is 0 Å². The van der Waals surface area contributed by atoms with Crippen LogP contribution in [0.25, 0.3) is 11.0 Å². The Morgan fingerprint density at radius 1 is 1.47 bits per heavy atom. The molecule has 1 saturated carbocycles. The van der Waals surface area contributed by atoms with Gasteiger partial charge in [0, 0.05) is 7.05 Å². The van der Waals surface area contributed by atoms with Crippen LogP contribution in [0.3, 0.4) is 0 Å². The summed E-state index contributed by atoms with van der Waals surface area (Å²) in [5, 5.41) is 3.38. The molecule has 0 radical (unpaired) electrons. The zero-order chi connectivity index (χ0) is 11.8. The second-order valence-corrected chi connectivity index (χ2v) is 4.77. The molecular weight excluding hydrogens is 217 g/mol. The van der Waals surface area contributed by atoms with Gasteiger partial charge in [0.15, 0.2) is 0 Å². The summed E-state index contributed by atoms with van der Waals surface area (Å²) in [6.07, 6.45) is 2.67. The van der Waals surface area contributed by atoms with E-state index in [2.05, 4.69) is 10.3 Å². The van der Waals surface area contributed by atoms with Crippen molar-refractivity contribution in [2.24, 2.45) is 13.0 Å². The highest BCUT2D eigenvalue weighted by atomic mass is 19.1. The molecule has 2 aromatic rings. The molecule has 0 bridgehead atoms. The van der Waals surface area contributed by atoms with Crippen LogP contribution in [0.5, 0.6) is 0 Å². The molecule has 1 aromatic carbocycles. The number of hydrogen-bond donors (Lipinski definition) is 1. The minimum absolute atomic E-state index is 0.203. The average Bonchev–Trinajstić information content (AvgIpc) is 3.06. The van der Waals surface area contributed by atoms with E-state index in [-0.39, 0.29) is 5.82 Å². The second-order valence-electron chi connectivity index (χ2n) is 4.77. The summed E-state index contributed by atoms with van der Waals surface area (Å²) in [7, 11) is 1.87. The number of nitrogens with zero attached hydrogens (tertiary/aromatic N) is 2. The highest BCUT2D eigenvalue weighted by Gasteiger charge is 2.20. The van der Waals surface area contributed by atoms with Crippen LogP contribution in [0.15, 0.2) is 18.2 Å². The maximum absolute atomic E-state index is 13.6. The van der Waals surface area contributed by atoms with E-state index in [1.807, 2.05) is 17.7 Å². The quantitative estimate of drug-likeness (QED) is 0.877. The second kappa shape index (κ2) is 4.11. The van der Waals surface area contributed by atoms with Gasteiger partial charge in [0.1, 0.15) is 17.2 Å². The minimum Gasteiger partial charge on any atom is -0.328 e. The van der Waals surface area contributed by atoms with Crippen LogP contribution in [0.4, 0.5) is 4.39 Å². The number of aromatic nitrogens is 2. The van der Waals surface area contributed by atoms with Gasteiger partial charge in [-0.15, -0.1) is 0 Å².